The van der Waals surface area contributed by atoms with Gasteiger partial charge < -0.3 is 14.5 Å². The van der Waals surface area contributed by atoms with Crippen LogP contribution in [0.3, 0.4) is 0 Å². The van der Waals surface area contributed by atoms with Gasteiger partial charge in [0.05, 0.1) is 31.5 Å². The number of hydrogen-bond donors (Lipinski definition) is 0. The second kappa shape index (κ2) is 12.5. The molecular weight excluding hydrogens is 620 g/mol. The Kier molecular flexibility index (Phi) is 9.03. The van der Waals surface area contributed by atoms with Crippen molar-refractivity contribution >= 4 is 11.9 Å². The zero-order valence-electron chi connectivity index (χ0n) is 25.5. The van der Waals surface area contributed by atoms with Crippen molar-refractivity contribution in [2.45, 2.75) is 44.1 Å². The van der Waals surface area contributed by atoms with Crippen LogP contribution in [0.1, 0.15) is 41.3 Å². The first kappa shape index (κ1) is 33.2. The molecule has 1 amide bonds. The summed E-state index contributed by atoms with van der Waals surface area (Å²) in [5.41, 5.74) is -3.55. The first-order valence-electron chi connectivity index (χ1n) is 14.5. The Labute approximate surface area is 260 Å². The Bertz CT molecular complexity index is 1620. The number of carbonyl (C=O) groups is 1. The molecule has 16 heteroatoms. The van der Waals surface area contributed by atoms with E-state index in [4.69, 9.17) is 4.74 Å². The Balaban J connectivity index is 1.26. The van der Waals surface area contributed by atoms with Gasteiger partial charge in [-0.05, 0) is 43.1 Å². The fourth-order valence-electron chi connectivity index (χ4n) is 6.08. The summed E-state index contributed by atoms with van der Waals surface area (Å²) in [5.74, 6) is 0.501. The van der Waals surface area contributed by atoms with Crippen LogP contribution in [0.25, 0.3) is 0 Å². The van der Waals surface area contributed by atoms with E-state index < -0.39 is 34.5 Å². The van der Waals surface area contributed by atoms with Gasteiger partial charge in [0, 0.05) is 50.5 Å². The molecule has 0 bridgehead atoms. The molecule has 3 heterocycles. The molecule has 0 N–H and O–H groups in total. The number of likely N-dealkylation sites (N-methyl/N-ethyl adjacent to an activating group) is 1. The SMILES string of the molecule is COc1ccc(Cn2nc3c(c(C(F)(F)F)c2=O)CCC3(C)CN(C)CC(=O)N2CCN(c3ncc(C(F)(F)F)cn3)CC2)cc1. The summed E-state index contributed by atoms with van der Waals surface area (Å²) in [6.45, 7) is 3.07. The fourth-order valence-corrected chi connectivity index (χ4v) is 6.08. The number of anilines is 1. The van der Waals surface area contributed by atoms with Gasteiger partial charge in [-0.15, -0.1) is 0 Å². The van der Waals surface area contributed by atoms with E-state index in [0.717, 1.165) is 17.1 Å². The molecular formula is C30H33F6N7O3. The highest BCUT2D eigenvalue weighted by Crippen LogP contribution is 2.42. The zero-order valence-corrected chi connectivity index (χ0v) is 25.5. The van der Waals surface area contributed by atoms with Crippen LogP contribution in [0, 0.1) is 0 Å². The quantitative estimate of drug-likeness (QED) is 0.341. The van der Waals surface area contributed by atoms with Gasteiger partial charge in [0.2, 0.25) is 11.9 Å². The van der Waals surface area contributed by atoms with Crippen LogP contribution >= 0.6 is 0 Å². The minimum Gasteiger partial charge on any atom is -0.497 e. The number of hydrogen-bond acceptors (Lipinski definition) is 8. The predicted molar refractivity (Wildman–Crippen MR) is 155 cm³/mol. The third-order valence-corrected chi connectivity index (χ3v) is 8.43. The van der Waals surface area contributed by atoms with E-state index in [1.165, 1.54) is 7.11 Å². The highest BCUT2D eigenvalue weighted by molar-refractivity contribution is 5.78. The number of ether oxygens (including phenoxy) is 1. The summed E-state index contributed by atoms with van der Waals surface area (Å²) in [6, 6.07) is 6.61. The molecule has 1 aliphatic carbocycles. The maximum atomic E-state index is 14.2. The molecule has 5 rings (SSSR count). The topological polar surface area (TPSA) is 96.7 Å². The van der Waals surface area contributed by atoms with Crippen LogP contribution in [0.15, 0.2) is 41.5 Å². The molecule has 2 aromatic heterocycles. The summed E-state index contributed by atoms with van der Waals surface area (Å²) in [7, 11) is 3.19. The van der Waals surface area contributed by atoms with Gasteiger partial charge in [-0.2, -0.15) is 31.4 Å². The Morgan fingerprint density at radius 3 is 2.20 bits per heavy atom. The molecule has 0 spiro atoms. The van der Waals surface area contributed by atoms with Crippen molar-refractivity contribution in [1.82, 2.24) is 29.5 Å². The van der Waals surface area contributed by atoms with Crippen molar-refractivity contribution < 1.29 is 35.9 Å². The lowest BCUT2D eigenvalue weighted by Gasteiger charge is -2.36. The largest absolute Gasteiger partial charge is 0.497 e. The molecule has 248 valence electrons. The van der Waals surface area contributed by atoms with Gasteiger partial charge in [0.1, 0.15) is 11.3 Å². The van der Waals surface area contributed by atoms with E-state index in [0.29, 0.717) is 43.9 Å². The summed E-state index contributed by atoms with van der Waals surface area (Å²) in [6.07, 6.45) is -7.62. The lowest BCUT2D eigenvalue weighted by atomic mass is 9.87. The van der Waals surface area contributed by atoms with Crippen molar-refractivity contribution in [3.05, 3.63) is 75.0 Å². The van der Waals surface area contributed by atoms with Gasteiger partial charge in [-0.3, -0.25) is 14.5 Å². The maximum Gasteiger partial charge on any atom is 0.422 e. The van der Waals surface area contributed by atoms with Gasteiger partial charge >= 0.3 is 12.4 Å². The van der Waals surface area contributed by atoms with E-state index in [1.807, 2.05) is 0 Å². The average Bonchev–Trinajstić information content (AvgIpc) is 3.31. The normalized spacial score (nSPS) is 18.7. The van der Waals surface area contributed by atoms with Crippen molar-refractivity contribution in [2.24, 2.45) is 0 Å². The van der Waals surface area contributed by atoms with Gasteiger partial charge in [-0.1, -0.05) is 19.1 Å². The molecule has 1 aliphatic heterocycles. The minimum absolute atomic E-state index is 0.0146. The van der Waals surface area contributed by atoms with Crippen molar-refractivity contribution in [3.8, 4) is 5.75 Å². The van der Waals surface area contributed by atoms with E-state index in [9.17, 15) is 35.9 Å². The minimum atomic E-state index is -4.87. The molecule has 1 saturated heterocycles. The molecule has 46 heavy (non-hydrogen) atoms. The molecule has 1 aromatic carbocycles. The Morgan fingerprint density at radius 2 is 1.63 bits per heavy atom. The molecule has 0 radical (unpaired) electrons. The second-order valence-electron chi connectivity index (χ2n) is 11.9. The third kappa shape index (κ3) is 6.95. The average molecular weight is 654 g/mol. The Morgan fingerprint density at radius 1 is 1.00 bits per heavy atom. The number of fused-ring (bicyclic) bond motifs is 1. The number of piperazine rings is 1. The number of rotatable bonds is 8. The predicted octanol–water partition coefficient (Wildman–Crippen LogP) is 3.61. The van der Waals surface area contributed by atoms with Crippen molar-refractivity contribution in [2.75, 3.05) is 58.3 Å². The van der Waals surface area contributed by atoms with Crippen molar-refractivity contribution in [1.29, 1.82) is 0 Å². The number of halogens is 6. The number of benzene rings is 1. The second-order valence-corrected chi connectivity index (χ2v) is 11.9. The molecule has 2 aliphatic rings. The van der Waals surface area contributed by atoms with Gasteiger partial charge in [0.25, 0.3) is 5.56 Å². The standard InChI is InChI=1S/C30H33F6N7O3/c1-28(18-40(2)17-23(44)41-10-12-42(13-11-41)27-37-14-20(15-38-27)29(31,32)33)9-8-22-24(30(34,35)36)26(45)43(39-25(22)28)16-19-4-6-21(46-3)7-5-19/h4-7,14-15H,8-13,16-18H2,1-3H3. The monoisotopic (exact) mass is 653 g/mol. The van der Waals surface area contributed by atoms with Crippen LogP contribution in [0.2, 0.25) is 0 Å². The van der Waals surface area contributed by atoms with E-state index in [2.05, 4.69) is 15.1 Å². The first-order chi connectivity index (χ1) is 21.6. The molecule has 10 nitrogen and oxygen atoms in total. The Hall–Kier alpha value is -4.21. The van der Waals surface area contributed by atoms with Crippen LogP contribution in [-0.4, -0.2) is 88.9 Å². The van der Waals surface area contributed by atoms with Crippen LogP contribution < -0.4 is 15.2 Å². The van der Waals surface area contributed by atoms with Crippen molar-refractivity contribution in [3.63, 3.8) is 0 Å². The summed E-state index contributed by atoms with van der Waals surface area (Å²) in [5, 5.41) is 4.47. The summed E-state index contributed by atoms with van der Waals surface area (Å²) < 4.78 is 87.2. The summed E-state index contributed by atoms with van der Waals surface area (Å²) in [4.78, 5) is 38.9. The smallest absolute Gasteiger partial charge is 0.422 e. The zero-order chi connectivity index (χ0) is 33.4. The van der Waals surface area contributed by atoms with E-state index in [1.54, 1.807) is 52.9 Å². The van der Waals surface area contributed by atoms with Gasteiger partial charge in [0.15, 0.2) is 0 Å². The molecule has 0 saturated carbocycles. The number of nitrogens with zero attached hydrogens (tertiary/aromatic N) is 7. The molecule has 1 unspecified atom stereocenters. The maximum absolute atomic E-state index is 14.2. The number of alkyl halides is 6. The third-order valence-electron chi connectivity index (χ3n) is 8.43. The van der Waals surface area contributed by atoms with Gasteiger partial charge in [-0.25, -0.2) is 14.6 Å². The number of aromatic nitrogens is 4. The van der Waals surface area contributed by atoms with Crippen LogP contribution in [0.4, 0.5) is 32.3 Å². The molecule has 3 aromatic rings. The highest BCUT2D eigenvalue weighted by atomic mass is 19.4. The lowest BCUT2D eigenvalue weighted by Crippen LogP contribution is -2.52. The fraction of sp³-hybridized carbons (Fsp3) is 0.500. The molecule has 1 fully saturated rings. The molecule has 1 atom stereocenters. The lowest BCUT2D eigenvalue weighted by molar-refractivity contribution is -0.140. The van der Waals surface area contributed by atoms with Crippen LogP contribution in [-0.2, 0) is 35.5 Å². The van der Waals surface area contributed by atoms with Crippen LogP contribution in [0.5, 0.6) is 5.75 Å². The first-order valence-corrected chi connectivity index (χ1v) is 14.5. The summed E-state index contributed by atoms with van der Waals surface area (Å²) >= 11 is 0. The number of carbonyl (C=O) groups excluding carboxylic acids is 1. The number of methoxy groups -OCH3 is 1. The highest BCUT2D eigenvalue weighted by Gasteiger charge is 2.46. The number of amides is 1. The van der Waals surface area contributed by atoms with E-state index >= 15 is 0 Å². The van der Waals surface area contributed by atoms with E-state index in [-0.39, 0.29) is 49.2 Å².